The molecule has 0 aliphatic carbocycles. The Morgan fingerprint density at radius 2 is 2.35 bits per heavy atom. The molecule has 0 aliphatic rings. The van der Waals surface area contributed by atoms with Crippen LogP contribution < -0.4 is 20.9 Å². The van der Waals surface area contributed by atoms with Gasteiger partial charge in [0.2, 0.25) is 0 Å². The smallest absolute Gasteiger partial charge is 0.336 e. The van der Waals surface area contributed by atoms with Crippen LogP contribution >= 0.6 is 0 Å². The number of hydrazine groups is 1. The van der Waals surface area contributed by atoms with Crippen LogP contribution in [0.3, 0.4) is 0 Å². The predicted octanol–water partition coefficient (Wildman–Crippen LogP) is 0.216. The molecule has 7 heteroatoms. The Morgan fingerprint density at radius 3 is 2.94 bits per heavy atom. The van der Waals surface area contributed by atoms with E-state index in [1.54, 1.807) is 0 Å². The molecule has 0 aromatic heterocycles. The Labute approximate surface area is 97.7 Å². The molecule has 6 nitrogen and oxygen atoms in total. The molecule has 0 fully saturated rings. The van der Waals surface area contributed by atoms with Crippen molar-refractivity contribution in [3.8, 4) is 5.75 Å². The molecule has 17 heavy (non-hydrogen) atoms. The zero-order valence-electron chi connectivity index (χ0n) is 9.31. The van der Waals surface area contributed by atoms with Gasteiger partial charge in [0.05, 0.1) is 6.61 Å². The second-order valence-electron chi connectivity index (χ2n) is 3.11. The van der Waals surface area contributed by atoms with Crippen molar-refractivity contribution >= 4 is 11.7 Å². The quantitative estimate of drug-likeness (QED) is 0.401. The molecule has 94 valence electrons. The lowest BCUT2D eigenvalue weighted by Gasteiger charge is -2.19. The lowest BCUT2D eigenvalue weighted by Crippen LogP contribution is -2.43. The van der Waals surface area contributed by atoms with Gasteiger partial charge in [0.25, 0.3) is 0 Å². The van der Waals surface area contributed by atoms with E-state index in [1.807, 2.05) is 0 Å². The van der Waals surface area contributed by atoms with Gasteiger partial charge in [0, 0.05) is 13.1 Å². The molecule has 0 spiro atoms. The number of nitrogens with one attached hydrogen (secondary N) is 1. The topological polar surface area (TPSA) is 87.8 Å². The van der Waals surface area contributed by atoms with Crippen LogP contribution in [0.1, 0.15) is 0 Å². The van der Waals surface area contributed by atoms with Crippen LogP contribution in [0.4, 0.5) is 14.9 Å². The van der Waals surface area contributed by atoms with Gasteiger partial charge in [-0.2, -0.15) is 0 Å². The van der Waals surface area contributed by atoms with Crippen molar-refractivity contribution in [3.05, 3.63) is 24.0 Å². The highest BCUT2D eigenvalue weighted by molar-refractivity contribution is 5.92. The first kappa shape index (κ1) is 13.2. The highest BCUT2D eigenvalue weighted by Gasteiger charge is 2.15. The van der Waals surface area contributed by atoms with Gasteiger partial charge in [-0.15, -0.1) is 0 Å². The normalized spacial score (nSPS) is 9.88. The molecule has 2 amide bonds. The molecular weight excluding hydrogens is 229 g/mol. The number of aliphatic hydroxyl groups is 1. The average molecular weight is 243 g/mol. The summed E-state index contributed by atoms with van der Waals surface area (Å²) in [6.45, 7) is -0.238. The summed E-state index contributed by atoms with van der Waals surface area (Å²) < 4.78 is 18.1. The zero-order valence-corrected chi connectivity index (χ0v) is 9.31. The molecule has 1 aromatic rings. The molecule has 0 saturated heterocycles. The number of hydrogen-bond acceptors (Lipinski definition) is 4. The molecular formula is C10H14FN3O3. The minimum Gasteiger partial charge on any atom is -0.489 e. The van der Waals surface area contributed by atoms with E-state index in [4.69, 9.17) is 15.7 Å². The summed E-state index contributed by atoms with van der Waals surface area (Å²) >= 11 is 0. The van der Waals surface area contributed by atoms with Crippen molar-refractivity contribution in [2.45, 2.75) is 0 Å². The van der Waals surface area contributed by atoms with Crippen LogP contribution in [0.5, 0.6) is 5.75 Å². The van der Waals surface area contributed by atoms with E-state index in [9.17, 15) is 9.18 Å². The minimum absolute atomic E-state index is 0.0158. The van der Waals surface area contributed by atoms with Gasteiger partial charge in [-0.05, 0) is 12.1 Å². The number of carbonyl (C=O) groups excluding carboxylic acids is 1. The van der Waals surface area contributed by atoms with Gasteiger partial charge in [-0.1, -0.05) is 0 Å². The molecule has 0 aliphatic heterocycles. The number of nitrogens with zero attached hydrogens (tertiary/aromatic N) is 1. The molecule has 1 rings (SSSR count). The summed E-state index contributed by atoms with van der Waals surface area (Å²) in [6, 6.07) is 3.00. The Balaban J connectivity index is 3.00. The third-order valence-electron chi connectivity index (χ3n) is 1.96. The Kier molecular flexibility index (Phi) is 4.68. The maximum atomic E-state index is 13.0. The lowest BCUT2D eigenvalue weighted by molar-refractivity contribution is 0.201. The molecule has 0 unspecified atom stereocenters. The van der Waals surface area contributed by atoms with Crippen molar-refractivity contribution < 1.29 is 19.0 Å². The van der Waals surface area contributed by atoms with Crippen LogP contribution in [0.25, 0.3) is 0 Å². The molecule has 0 heterocycles. The maximum absolute atomic E-state index is 13.0. The fraction of sp³-hybridized carbons (Fsp3) is 0.300. The van der Waals surface area contributed by atoms with Crippen molar-refractivity contribution in [3.63, 3.8) is 0 Å². The first-order valence-corrected chi connectivity index (χ1v) is 4.90. The van der Waals surface area contributed by atoms with E-state index in [-0.39, 0.29) is 24.7 Å². The van der Waals surface area contributed by atoms with Gasteiger partial charge in [0.1, 0.15) is 23.9 Å². The second kappa shape index (κ2) is 6.02. The third-order valence-corrected chi connectivity index (χ3v) is 1.96. The fourth-order valence-corrected chi connectivity index (χ4v) is 1.19. The molecule has 0 radical (unpaired) electrons. The standard InChI is InChI=1S/C10H14FN3O3/c1-13-10(16)14(12)8-3-2-7(11)6-9(8)17-5-4-15/h2-3,6,15H,4-5,12H2,1H3,(H,13,16). The fourth-order valence-electron chi connectivity index (χ4n) is 1.19. The third kappa shape index (κ3) is 3.30. The Hall–Kier alpha value is -1.86. The molecule has 0 saturated carbocycles. The monoisotopic (exact) mass is 243 g/mol. The van der Waals surface area contributed by atoms with Crippen LogP contribution in [-0.2, 0) is 0 Å². The number of rotatable bonds is 4. The number of carbonyl (C=O) groups is 1. The molecule has 0 atom stereocenters. The van der Waals surface area contributed by atoms with Crippen molar-refractivity contribution in [2.24, 2.45) is 5.84 Å². The zero-order chi connectivity index (χ0) is 12.8. The van der Waals surface area contributed by atoms with Crippen LogP contribution in [-0.4, -0.2) is 31.4 Å². The van der Waals surface area contributed by atoms with E-state index in [1.165, 1.54) is 13.1 Å². The summed E-state index contributed by atoms with van der Waals surface area (Å²) in [6.07, 6.45) is 0. The second-order valence-corrected chi connectivity index (χ2v) is 3.11. The van der Waals surface area contributed by atoms with Gasteiger partial charge in [-0.3, -0.25) is 0 Å². The van der Waals surface area contributed by atoms with E-state index < -0.39 is 11.8 Å². The van der Waals surface area contributed by atoms with Gasteiger partial charge in [0.15, 0.2) is 0 Å². The van der Waals surface area contributed by atoms with Crippen LogP contribution in [0.2, 0.25) is 0 Å². The summed E-state index contributed by atoms with van der Waals surface area (Å²) in [4.78, 5) is 11.3. The molecule has 1 aromatic carbocycles. The number of hydrogen-bond donors (Lipinski definition) is 3. The number of amides is 2. The van der Waals surface area contributed by atoms with Gasteiger partial charge >= 0.3 is 6.03 Å². The number of nitrogens with two attached hydrogens (primary N) is 1. The van der Waals surface area contributed by atoms with E-state index in [2.05, 4.69) is 5.32 Å². The average Bonchev–Trinajstić information content (AvgIpc) is 2.34. The van der Waals surface area contributed by atoms with E-state index in [0.29, 0.717) is 0 Å². The summed E-state index contributed by atoms with van der Waals surface area (Å²) in [5.41, 5.74) is 0.208. The van der Waals surface area contributed by atoms with Crippen molar-refractivity contribution in [2.75, 3.05) is 25.3 Å². The number of halogens is 1. The van der Waals surface area contributed by atoms with Gasteiger partial charge in [-0.25, -0.2) is 20.0 Å². The highest BCUT2D eigenvalue weighted by Crippen LogP contribution is 2.27. The number of benzene rings is 1. The predicted molar refractivity (Wildman–Crippen MR) is 60.1 cm³/mol. The number of anilines is 1. The SMILES string of the molecule is CNC(=O)N(N)c1ccc(F)cc1OCCO. The first-order chi connectivity index (χ1) is 8.10. The largest absolute Gasteiger partial charge is 0.489 e. The lowest BCUT2D eigenvalue weighted by atomic mass is 10.2. The van der Waals surface area contributed by atoms with Crippen molar-refractivity contribution in [1.82, 2.24) is 5.32 Å². The molecule has 4 N–H and O–H groups in total. The highest BCUT2D eigenvalue weighted by atomic mass is 19.1. The maximum Gasteiger partial charge on any atom is 0.336 e. The summed E-state index contributed by atoms with van der Waals surface area (Å²) in [5.74, 6) is 5.09. The van der Waals surface area contributed by atoms with Crippen LogP contribution in [0.15, 0.2) is 18.2 Å². The number of aliphatic hydroxyl groups excluding tert-OH is 1. The van der Waals surface area contributed by atoms with Crippen LogP contribution in [0, 0.1) is 5.82 Å². The Morgan fingerprint density at radius 1 is 1.65 bits per heavy atom. The van der Waals surface area contributed by atoms with E-state index in [0.717, 1.165) is 17.1 Å². The van der Waals surface area contributed by atoms with Crippen molar-refractivity contribution in [1.29, 1.82) is 0 Å². The van der Waals surface area contributed by atoms with Gasteiger partial charge < -0.3 is 15.2 Å². The summed E-state index contributed by atoms with van der Waals surface area (Å²) in [7, 11) is 1.42. The number of ether oxygens (including phenoxy) is 1. The Bertz CT molecular complexity index is 400. The molecule has 0 bridgehead atoms. The number of urea groups is 1. The minimum atomic E-state index is -0.564. The van der Waals surface area contributed by atoms with E-state index >= 15 is 0 Å². The first-order valence-electron chi connectivity index (χ1n) is 4.90. The summed E-state index contributed by atoms with van der Waals surface area (Å²) in [5, 5.41) is 11.8.